The van der Waals surface area contributed by atoms with Crippen molar-refractivity contribution >= 4 is 56.5 Å². The number of allylic oxidation sites excluding steroid dienone is 3. The molecule has 0 bridgehead atoms. The maximum absolute atomic E-state index is 14.0. The van der Waals surface area contributed by atoms with Gasteiger partial charge >= 0.3 is 0 Å². The highest BCUT2D eigenvalue weighted by atomic mass is 79.9. The summed E-state index contributed by atoms with van der Waals surface area (Å²) in [6.07, 6.45) is 7.17. The molecular weight excluding hydrogens is 533 g/mol. The number of hydrogen-bond donors (Lipinski definition) is 1. The predicted molar refractivity (Wildman–Crippen MR) is 143 cm³/mol. The Bertz CT molecular complexity index is 1070. The monoisotopic (exact) mass is 561 g/mol. The number of para-hydroxylation sites is 1. The number of carbonyl (C=O) groups is 2. The lowest BCUT2D eigenvalue weighted by molar-refractivity contribution is -0.129. The Hall–Kier alpha value is -2.43. The van der Waals surface area contributed by atoms with Crippen LogP contribution in [0.15, 0.2) is 52.0 Å². The molecule has 10 heteroatoms. The minimum Gasteiger partial charge on any atom is -0.367 e. The number of nitrogens with one attached hydrogen (secondary N) is 1. The van der Waals surface area contributed by atoms with E-state index in [1.54, 1.807) is 12.1 Å². The van der Waals surface area contributed by atoms with Crippen LogP contribution in [-0.2, 0) is 9.59 Å². The van der Waals surface area contributed by atoms with E-state index in [0.29, 0.717) is 37.3 Å². The van der Waals surface area contributed by atoms with Gasteiger partial charge in [-0.05, 0) is 55.9 Å². The van der Waals surface area contributed by atoms with Crippen LogP contribution >= 0.6 is 28.1 Å². The number of thiocarbonyl (C=S) groups is 1. The standard InChI is InChI=1S/C25H29BrFN5O2S/c26-18-8-9-21-19(17-18)24(34)32(25(35)29-21)12-3-7-23(33)28-10-4-11-30-13-15-31(16-14-30)22-6-2-1-5-20(22)27/h1-2,5-6,8-9,17,19H,3-4,7,10-16H2,(H,28,33). The fraction of sp³-hybridized carbons (Fsp3) is 0.440. The second-order valence-electron chi connectivity index (χ2n) is 8.76. The number of benzene rings is 1. The number of nitrogens with zero attached hydrogens (tertiary/aromatic N) is 4. The zero-order valence-corrected chi connectivity index (χ0v) is 21.9. The minimum absolute atomic E-state index is 0.0304. The molecule has 2 aliphatic heterocycles. The number of halogens is 2. The van der Waals surface area contributed by atoms with Gasteiger partial charge in [-0.3, -0.25) is 19.4 Å². The van der Waals surface area contributed by atoms with Crippen molar-refractivity contribution in [3.63, 3.8) is 0 Å². The van der Waals surface area contributed by atoms with Crippen molar-refractivity contribution in [2.24, 2.45) is 10.9 Å². The predicted octanol–water partition coefficient (Wildman–Crippen LogP) is 3.27. The summed E-state index contributed by atoms with van der Waals surface area (Å²) in [5, 5.41) is 3.22. The number of aliphatic imine (C=N–C) groups is 1. The Labute approximate surface area is 218 Å². The first kappa shape index (κ1) is 25.7. The van der Waals surface area contributed by atoms with Crippen molar-refractivity contribution in [3.8, 4) is 0 Å². The summed E-state index contributed by atoms with van der Waals surface area (Å²) < 4.78 is 14.8. The van der Waals surface area contributed by atoms with Crippen molar-refractivity contribution in [1.82, 2.24) is 15.1 Å². The number of fused-ring (bicyclic) bond motifs is 1. The van der Waals surface area contributed by atoms with E-state index in [1.165, 1.54) is 11.0 Å². The first-order valence-electron chi connectivity index (χ1n) is 11.9. The van der Waals surface area contributed by atoms with Crippen LogP contribution in [0, 0.1) is 11.7 Å². The van der Waals surface area contributed by atoms with E-state index in [-0.39, 0.29) is 22.7 Å². The Morgan fingerprint density at radius 1 is 1.14 bits per heavy atom. The van der Waals surface area contributed by atoms with E-state index in [4.69, 9.17) is 12.2 Å². The lowest BCUT2D eigenvalue weighted by Crippen LogP contribution is -2.47. The van der Waals surface area contributed by atoms with Gasteiger partial charge in [-0.2, -0.15) is 0 Å². The van der Waals surface area contributed by atoms with Crippen LogP contribution in [0.5, 0.6) is 0 Å². The molecule has 3 aliphatic rings. The molecule has 0 saturated carbocycles. The van der Waals surface area contributed by atoms with E-state index in [2.05, 4.69) is 36.0 Å². The van der Waals surface area contributed by atoms with Gasteiger partial charge in [0.05, 0.1) is 11.4 Å². The SMILES string of the molecule is O=C(CCCN1C(=O)C2C=C(Br)C=CC2=NC1=S)NCCCN1CCN(c2ccccc2F)CC1. The van der Waals surface area contributed by atoms with Crippen molar-refractivity contribution in [1.29, 1.82) is 0 Å². The van der Waals surface area contributed by atoms with Gasteiger partial charge in [0.25, 0.3) is 0 Å². The average Bonchev–Trinajstić information content (AvgIpc) is 2.85. The third-order valence-electron chi connectivity index (χ3n) is 6.37. The van der Waals surface area contributed by atoms with Crippen molar-refractivity contribution in [2.75, 3.05) is 50.7 Å². The molecule has 186 valence electrons. The highest BCUT2D eigenvalue weighted by Crippen LogP contribution is 2.25. The molecule has 0 spiro atoms. The van der Waals surface area contributed by atoms with Crippen LogP contribution < -0.4 is 10.2 Å². The Kier molecular flexibility index (Phi) is 8.80. The fourth-order valence-corrected chi connectivity index (χ4v) is 5.13. The second-order valence-corrected chi connectivity index (χ2v) is 10.0. The molecule has 0 radical (unpaired) electrons. The summed E-state index contributed by atoms with van der Waals surface area (Å²) >= 11 is 8.69. The lowest BCUT2D eigenvalue weighted by atomic mass is 9.95. The first-order valence-corrected chi connectivity index (χ1v) is 13.1. The molecule has 2 amide bonds. The number of anilines is 1. The van der Waals surface area contributed by atoms with Gasteiger partial charge in [0.15, 0.2) is 0 Å². The smallest absolute Gasteiger partial charge is 0.241 e. The van der Waals surface area contributed by atoms with Crippen LogP contribution in [0.3, 0.4) is 0 Å². The van der Waals surface area contributed by atoms with Crippen molar-refractivity contribution < 1.29 is 14.0 Å². The van der Waals surface area contributed by atoms with Gasteiger partial charge < -0.3 is 10.2 Å². The summed E-state index contributed by atoms with van der Waals surface area (Å²) in [6.45, 7) is 5.20. The van der Waals surface area contributed by atoms with E-state index >= 15 is 0 Å². The maximum Gasteiger partial charge on any atom is 0.241 e. The second kappa shape index (κ2) is 12.0. The number of amides is 2. The topological polar surface area (TPSA) is 68.2 Å². The van der Waals surface area contributed by atoms with E-state index < -0.39 is 5.92 Å². The molecule has 1 aliphatic carbocycles. The Morgan fingerprint density at radius 2 is 1.91 bits per heavy atom. The number of rotatable bonds is 9. The largest absolute Gasteiger partial charge is 0.367 e. The average molecular weight is 563 g/mol. The molecule has 0 aromatic heterocycles. The Morgan fingerprint density at radius 3 is 2.69 bits per heavy atom. The quantitative estimate of drug-likeness (QED) is 0.370. The Balaban J connectivity index is 1.10. The van der Waals surface area contributed by atoms with Crippen LogP contribution in [0.25, 0.3) is 0 Å². The molecule has 1 saturated heterocycles. The van der Waals surface area contributed by atoms with Gasteiger partial charge in [-0.1, -0.05) is 34.1 Å². The number of carbonyl (C=O) groups excluding carboxylic acids is 2. The van der Waals surface area contributed by atoms with Gasteiger partial charge in [-0.15, -0.1) is 0 Å². The summed E-state index contributed by atoms with van der Waals surface area (Å²) in [6, 6.07) is 6.89. The normalized spacial score (nSPS) is 20.5. The minimum atomic E-state index is -0.427. The third-order valence-corrected chi connectivity index (χ3v) is 7.21. The van der Waals surface area contributed by atoms with Gasteiger partial charge in [0, 0.05) is 50.2 Å². The molecule has 2 heterocycles. The highest BCUT2D eigenvalue weighted by molar-refractivity contribution is 9.11. The summed E-state index contributed by atoms with van der Waals surface area (Å²) in [7, 11) is 0. The van der Waals surface area contributed by atoms with E-state index in [0.717, 1.165) is 43.6 Å². The molecule has 1 N–H and O–H groups in total. The summed E-state index contributed by atoms with van der Waals surface area (Å²) in [5.41, 5.74) is 1.32. The van der Waals surface area contributed by atoms with Crippen LogP contribution in [0.4, 0.5) is 10.1 Å². The van der Waals surface area contributed by atoms with E-state index in [1.807, 2.05) is 24.3 Å². The van der Waals surface area contributed by atoms with E-state index in [9.17, 15) is 14.0 Å². The van der Waals surface area contributed by atoms with Gasteiger partial charge in [-0.25, -0.2) is 9.38 Å². The molecule has 1 atom stereocenters. The van der Waals surface area contributed by atoms with Crippen LogP contribution in [0.2, 0.25) is 0 Å². The van der Waals surface area contributed by atoms with Crippen molar-refractivity contribution in [2.45, 2.75) is 19.3 Å². The zero-order valence-electron chi connectivity index (χ0n) is 19.5. The fourth-order valence-electron chi connectivity index (χ4n) is 4.45. The summed E-state index contributed by atoms with van der Waals surface area (Å²) in [4.78, 5) is 35.3. The molecule has 7 nitrogen and oxygen atoms in total. The van der Waals surface area contributed by atoms with Crippen molar-refractivity contribution in [3.05, 3.63) is 52.8 Å². The molecule has 1 fully saturated rings. The van der Waals surface area contributed by atoms with Gasteiger partial charge in [0.1, 0.15) is 11.7 Å². The first-order chi connectivity index (χ1) is 16.9. The molecule has 1 aromatic rings. The summed E-state index contributed by atoms with van der Waals surface area (Å²) in [5.74, 6) is -0.735. The lowest BCUT2D eigenvalue weighted by Gasteiger charge is -2.36. The molecule has 4 rings (SSSR count). The number of hydrogen-bond acceptors (Lipinski definition) is 5. The third kappa shape index (κ3) is 6.62. The van der Waals surface area contributed by atoms with Crippen LogP contribution in [-0.4, -0.2) is 78.3 Å². The maximum atomic E-state index is 14.0. The van der Waals surface area contributed by atoms with Crippen LogP contribution in [0.1, 0.15) is 19.3 Å². The number of piperazine rings is 1. The highest BCUT2D eigenvalue weighted by Gasteiger charge is 2.34. The molecule has 1 unspecified atom stereocenters. The molecular formula is C25H29BrFN5O2S. The zero-order chi connectivity index (χ0) is 24.8. The molecule has 1 aromatic carbocycles. The molecule has 35 heavy (non-hydrogen) atoms. The van der Waals surface area contributed by atoms with Gasteiger partial charge in [0.2, 0.25) is 16.9 Å².